The van der Waals surface area contributed by atoms with Crippen LogP contribution in [0.3, 0.4) is 0 Å². The molecule has 0 aliphatic heterocycles. The highest BCUT2D eigenvalue weighted by atomic mass is 16.3. The Balaban J connectivity index is 2.19. The number of phenolic OH excluding ortho intramolecular Hbond substituents is 4. The third-order valence-electron chi connectivity index (χ3n) is 9.04. The van der Waals surface area contributed by atoms with Gasteiger partial charge in [-0.3, -0.25) is 0 Å². The molecule has 4 N–H and O–H groups in total. The fourth-order valence-electron chi connectivity index (χ4n) is 7.93. The van der Waals surface area contributed by atoms with Gasteiger partial charge in [0, 0.05) is 0 Å². The molecule has 0 saturated carbocycles. The molecule has 0 atom stereocenters. The van der Waals surface area contributed by atoms with E-state index in [0.717, 1.165) is 83.5 Å². The molecule has 0 amide bonds. The van der Waals surface area contributed by atoms with E-state index in [2.05, 4.69) is 25.1 Å². The molecular weight excluding hydrogens is 544 g/mol. The van der Waals surface area contributed by atoms with Crippen molar-refractivity contribution in [2.75, 3.05) is 0 Å². The van der Waals surface area contributed by atoms with Crippen LogP contribution in [0.2, 0.25) is 0 Å². The van der Waals surface area contributed by atoms with Gasteiger partial charge in [-0.15, -0.1) is 0 Å². The Bertz CT molecular complexity index is 1710. The molecule has 0 aliphatic carbocycles. The Kier molecular flexibility index (Phi) is 7.75. The summed E-state index contributed by atoms with van der Waals surface area (Å²) in [5.41, 5.74) is 13.8. The maximum absolute atomic E-state index is 10.8. The van der Waals surface area contributed by atoms with Crippen molar-refractivity contribution in [1.29, 1.82) is 0 Å². The van der Waals surface area contributed by atoms with Gasteiger partial charge in [0.25, 0.3) is 0 Å². The summed E-state index contributed by atoms with van der Waals surface area (Å²) in [6.07, 6.45) is 0. The minimum atomic E-state index is -0.939. The van der Waals surface area contributed by atoms with Crippen molar-refractivity contribution in [2.24, 2.45) is 0 Å². The SMILES string of the molecule is Cc1ccc(C(c2c(C)cc(O)cc2C)(c2c(C)cc(O)cc2C)c2c(C)cc(O)cc2C)c(-c2c(C)cc(O)cc2C)c1. The van der Waals surface area contributed by atoms with Gasteiger partial charge in [0.05, 0.1) is 5.41 Å². The molecule has 0 unspecified atom stereocenters. The molecule has 0 radical (unpaired) electrons. The van der Waals surface area contributed by atoms with Gasteiger partial charge in [0.2, 0.25) is 0 Å². The van der Waals surface area contributed by atoms with Crippen LogP contribution >= 0.6 is 0 Å². The Labute approximate surface area is 260 Å². The molecule has 0 spiro atoms. The summed E-state index contributed by atoms with van der Waals surface area (Å²) < 4.78 is 0. The number of hydrogen-bond acceptors (Lipinski definition) is 4. The highest BCUT2D eigenvalue weighted by Crippen LogP contribution is 2.55. The monoisotopic (exact) mass is 586 g/mol. The lowest BCUT2D eigenvalue weighted by Gasteiger charge is -2.44. The Morgan fingerprint density at radius 2 is 0.682 bits per heavy atom. The standard InChI is InChI=1S/C40H42O4/c1-21-10-11-35(34(12-21)36-22(2)13-30(41)14-23(36)3)40(37-24(4)15-31(42)16-25(37)5,38-26(6)17-32(43)18-27(38)7)39-28(8)19-33(44)20-29(39)9/h10-20,41-44H,1-9H3. The van der Waals surface area contributed by atoms with Crippen molar-refractivity contribution in [2.45, 2.75) is 67.7 Å². The highest BCUT2D eigenvalue weighted by Gasteiger charge is 2.46. The average Bonchev–Trinajstić information content (AvgIpc) is 2.86. The van der Waals surface area contributed by atoms with Crippen LogP contribution in [0.5, 0.6) is 23.0 Å². The highest BCUT2D eigenvalue weighted by molar-refractivity contribution is 5.82. The quantitative estimate of drug-likeness (QED) is 0.155. The molecule has 5 aromatic carbocycles. The first-order valence-corrected chi connectivity index (χ1v) is 15.0. The normalized spacial score (nSPS) is 11.7. The van der Waals surface area contributed by atoms with Gasteiger partial charge in [-0.25, -0.2) is 0 Å². The van der Waals surface area contributed by atoms with Crippen LogP contribution in [0.15, 0.2) is 66.7 Å². The molecule has 4 nitrogen and oxygen atoms in total. The molecule has 4 heteroatoms. The fourth-order valence-corrected chi connectivity index (χ4v) is 7.93. The Morgan fingerprint density at radius 1 is 0.386 bits per heavy atom. The summed E-state index contributed by atoms with van der Waals surface area (Å²) in [7, 11) is 0. The third kappa shape index (κ3) is 4.89. The molecule has 0 heterocycles. The molecule has 5 aromatic rings. The minimum Gasteiger partial charge on any atom is -0.508 e. The Morgan fingerprint density at radius 3 is 1.00 bits per heavy atom. The second-order valence-electron chi connectivity index (χ2n) is 12.6. The van der Waals surface area contributed by atoms with Crippen molar-refractivity contribution >= 4 is 0 Å². The molecule has 0 aromatic heterocycles. The van der Waals surface area contributed by atoms with Crippen molar-refractivity contribution in [3.63, 3.8) is 0 Å². The van der Waals surface area contributed by atoms with Crippen LogP contribution in [0.4, 0.5) is 0 Å². The zero-order valence-electron chi connectivity index (χ0n) is 27.1. The zero-order valence-corrected chi connectivity index (χ0v) is 27.1. The van der Waals surface area contributed by atoms with E-state index in [1.165, 1.54) is 0 Å². The molecule has 0 fully saturated rings. The number of hydrogen-bond donors (Lipinski definition) is 4. The van der Waals surface area contributed by atoms with Crippen LogP contribution < -0.4 is 0 Å². The van der Waals surface area contributed by atoms with Crippen molar-refractivity contribution in [1.82, 2.24) is 0 Å². The lowest BCUT2D eigenvalue weighted by Crippen LogP contribution is -2.37. The van der Waals surface area contributed by atoms with Gasteiger partial charge in [-0.05, 0) is 189 Å². The molecule has 0 saturated heterocycles. The minimum absolute atomic E-state index is 0.199. The van der Waals surface area contributed by atoms with Gasteiger partial charge in [-0.2, -0.15) is 0 Å². The van der Waals surface area contributed by atoms with E-state index in [1.54, 1.807) is 12.1 Å². The van der Waals surface area contributed by atoms with Crippen molar-refractivity contribution in [3.8, 4) is 34.1 Å². The van der Waals surface area contributed by atoms with Crippen molar-refractivity contribution in [3.05, 3.63) is 139 Å². The summed E-state index contributed by atoms with van der Waals surface area (Å²) in [6, 6.07) is 21.1. The van der Waals surface area contributed by atoms with Crippen LogP contribution in [-0.2, 0) is 5.41 Å². The second kappa shape index (κ2) is 11.1. The first kappa shape index (κ1) is 30.7. The zero-order chi connectivity index (χ0) is 32.2. The summed E-state index contributed by atoms with van der Waals surface area (Å²) in [6.45, 7) is 18.4. The smallest absolute Gasteiger partial charge is 0.116 e. The first-order valence-electron chi connectivity index (χ1n) is 15.0. The van der Waals surface area contributed by atoms with Gasteiger partial charge < -0.3 is 20.4 Å². The second-order valence-corrected chi connectivity index (χ2v) is 12.6. The number of aromatic hydroxyl groups is 4. The van der Waals surface area contributed by atoms with E-state index >= 15 is 0 Å². The van der Waals surface area contributed by atoms with E-state index in [9.17, 15) is 20.4 Å². The predicted octanol–water partition coefficient (Wildman–Crippen LogP) is 9.33. The lowest BCUT2D eigenvalue weighted by molar-refractivity contribution is 0.472. The number of aryl methyl sites for hydroxylation is 9. The van der Waals surface area contributed by atoms with E-state index in [0.29, 0.717) is 0 Å². The van der Waals surface area contributed by atoms with E-state index in [1.807, 2.05) is 91.8 Å². The van der Waals surface area contributed by atoms with E-state index in [-0.39, 0.29) is 23.0 Å². The van der Waals surface area contributed by atoms with Crippen LogP contribution in [-0.4, -0.2) is 20.4 Å². The molecule has 5 rings (SSSR count). The van der Waals surface area contributed by atoms with Gasteiger partial charge >= 0.3 is 0 Å². The van der Waals surface area contributed by atoms with Gasteiger partial charge in [-0.1, -0.05) is 23.8 Å². The number of phenols is 4. The van der Waals surface area contributed by atoms with Gasteiger partial charge in [0.15, 0.2) is 0 Å². The van der Waals surface area contributed by atoms with E-state index < -0.39 is 5.41 Å². The predicted molar refractivity (Wildman–Crippen MR) is 179 cm³/mol. The van der Waals surface area contributed by atoms with Crippen LogP contribution in [0.1, 0.15) is 72.3 Å². The van der Waals surface area contributed by atoms with E-state index in [4.69, 9.17) is 0 Å². The lowest BCUT2D eigenvalue weighted by atomic mass is 9.58. The molecule has 226 valence electrons. The third-order valence-corrected chi connectivity index (χ3v) is 9.04. The molecule has 44 heavy (non-hydrogen) atoms. The number of rotatable bonds is 5. The van der Waals surface area contributed by atoms with Crippen molar-refractivity contribution < 1.29 is 20.4 Å². The topological polar surface area (TPSA) is 80.9 Å². The molecule has 0 bridgehead atoms. The average molecular weight is 587 g/mol. The maximum atomic E-state index is 10.8. The maximum Gasteiger partial charge on any atom is 0.116 e. The summed E-state index contributed by atoms with van der Waals surface area (Å²) in [4.78, 5) is 0. The van der Waals surface area contributed by atoms with Crippen LogP contribution in [0.25, 0.3) is 11.1 Å². The van der Waals surface area contributed by atoms with Crippen LogP contribution in [0, 0.1) is 62.3 Å². The largest absolute Gasteiger partial charge is 0.508 e. The van der Waals surface area contributed by atoms with Gasteiger partial charge in [0.1, 0.15) is 23.0 Å². The number of benzene rings is 5. The summed E-state index contributed by atoms with van der Waals surface area (Å²) in [5, 5.41) is 42.8. The first-order chi connectivity index (χ1) is 20.7. The molecule has 0 aliphatic rings. The Hall–Kier alpha value is -4.70. The molecular formula is C40H42O4. The summed E-state index contributed by atoms with van der Waals surface area (Å²) in [5.74, 6) is 0.825. The fraction of sp³-hybridized carbons (Fsp3) is 0.250. The summed E-state index contributed by atoms with van der Waals surface area (Å²) >= 11 is 0.